The fourth-order valence-corrected chi connectivity index (χ4v) is 3.05. The topological polar surface area (TPSA) is 24.9 Å². The molecule has 0 radical (unpaired) electrons. The SMILES string of the molecule is CCC1N(OCc2ccc(Br)cc2)C=CN1OCc1ccc(Br)cc1. The highest BCUT2D eigenvalue weighted by Crippen LogP contribution is 2.22. The van der Waals surface area contributed by atoms with E-state index in [2.05, 4.69) is 38.8 Å². The van der Waals surface area contributed by atoms with E-state index in [0.29, 0.717) is 13.2 Å². The summed E-state index contributed by atoms with van der Waals surface area (Å²) < 4.78 is 2.13. The van der Waals surface area contributed by atoms with Crippen molar-refractivity contribution in [3.63, 3.8) is 0 Å². The van der Waals surface area contributed by atoms with Gasteiger partial charge in [-0.15, -0.1) is 0 Å². The molecule has 132 valence electrons. The van der Waals surface area contributed by atoms with Crippen molar-refractivity contribution in [1.82, 2.24) is 10.1 Å². The lowest BCUT2D eigenvalue weighted by Gasteiger charge is -2.30. The predicted octanol–water partition coefficient (Wildman–Crippen LogP) is 5.60. The van der Waals surface area contributed by atoms with Gasteiger partial charge in [0.05, 0.1) is 13.2 Å². The zero-order chi connectivity index (χ0) is 17.6. The van der Waals surface area contributed by atoms with Gasteiger partial charge in [0.1, 0.15) is 0 Å². The average Bonchev–Trinajstić information content (AvgIpc) is 3.02. The maximum atomic E-state index is 5.93. The fourth-order valence-electron chi connectivity index (χ4n) is 2.52. The monoisotopic (exact) mass is 466 g/mol. The molecule has 0 N–H and O–H groups in total. The van der Waals surface area contributed by atoms with Crippen LogP contribution in [-0.2, 0) is 22.9 Å². The summed E-state index contributed by atoms with van der Waals surface area (Å²) in [5.74, 6) is 0. The Bertz CT molecular complexity index is 645. The van der Waals surface area contributed by atoms with E-state index >= 15 is 0 Å². The molecule has 2 aromatic rings. The molecule has 0 amide bonds. The number of rotatable bonds is 7. The lowest BCUT2D eigenvalue weighted by molar-refractivity contribution is -0.248. The summed E-state index contributed by atoms with van der Waals surface area (Å²) in [5.41, 5.74) is 2.25. The smallest absolute Gasteiger partial charge is 0.151 e. The van der Waals surface area contributed by atoms with Crippen molar-refractivity contribution in [1.29, 1.82) is 0 Å². The average molecular weight is 468 g/mol. The van der Waals surface area contributed by atoms with Crippen molar-refractivity contribution >= 4 is 31.9 Å². The van der Waals surface area contributed by atoms with E-state index in [0.717, 1.165) is 26.5 Å². The summed E-state index contributed by atoms with van der Waals surface area (Å²) >= 11 is 6.89. The van der Waals surface area contributed by atoms with E-state index in [9.17, 15) is 0 Å². The Morgan fingerprint density at radius 3 is 1.52 bits per heavy atom. The van der Waals surface area contributed by atoms with Gasteiger partial charge >= 0.3 is 0 Å². The predicted molar refractivity (Wildman–Crippen MR) is 105 cm³/mol. The summed E-state index contributed by atoms with van der Waals surface area (Å²) in [6.45, 7) is 3.16. The van der Waals surface area contributed by atoms with Crippen molar-refractivity contribution in [2.24, 2.45) is 0 Å². The van der Waals surface area contributed by atoms with Crippen molar-refractivity contribution < 1.29 is 9.68 Å². The van der Waals surface area contributed by atoms with Crippen LogP contribution in [0.1, 0.15) is 24.5 Å². The van der Waals surface area contributed by atoms with Crippen LogP contribution in [0, 0.1) is 0 Å². The zero-order valence-corrected chi connectivity index (χ0v) is 17.1. The second kappa shape index (κ2) is 8.85. The molecule has 4 nitrogen and oxygen atoms in total. The number of hydrogen-bond donors (Lipinski definition) is 0. The molecule has 25 heavy (non-hydrogen) atoms. The first-order chi connectivity index (χ1) is 12.2. The first-order valence-electron chi connectivity index (χ1n) is 8.15. The Balaban J connectivity index is 1.52. The van der Waals surface area contributed by atoms with Gasteiger partial charge in [0.15, 0.2) is 6.17 Å². The third-order valence-corrected chi connectivity index (χ3v) is 4.96. The molecule has 0 unspecified atom stereocenters. The lowest BCUT2D eigenvalue weighted by atomic mass is 10.2. The number of halogens is 2. The summed E-state index contributed by atoms with van der Waals surface area (Å²) in [7, 11) is 0. The minimum Gasteiger partial charge on any atom is -0.267 e. The van der Waals surface area contributed by atoms with Crippen LogP contribution in [0.25, 0.3) is 0 Å². The van der Waals surface area contributed by atoms with Crippen molar-refractivity contribution in [3.05, 3.63) is 81.0 Å². The summed E-state index contributed by atoms with van der Waals surface area (Å²) in [4.78, 5) is 11.9. The Morgan fingerprint density at radius 2 is 1.16 bits per heavy atom. The molecule has 1 aliphatic rings. The zero-order valence-electron chi connectivity index (χ0n) is 13.9. The fraction of sp³-hybridized carbons (Fsp3) is 0.263. The quantitative estimate of drug-likeness (QED) is 0.529. The highest BCUT2D eigenvalue weighted by atomic mass is 79.9. The molecule has 6 heteroatoms. The molecule has 0 atom stereocenters. The van der Waals surface area contributed by atoms with Gasteiger partial charge in [0.25, 0.3) is 0 Å². The Kier molecular flexibility index (Phi) is 6.53. The van der Waals surface area contributed by atoms with Crippen molar-refractivity contribution in [2.45, 2.75) is 32.7 Å². The van der Waals surface area contributed by atoms with Crippen molar-refractivity contribution in [2.75, 3.05) is 0 Å². The van der Waals surface area contributed by atoms with Crippen LogP contribution in [0.15, 0.2) is 69.9 Å². The normalized spacial score (nSPS) is 14.5. The van der Waals surface area contributed by atoms with E-state index in [1.165, 1.54) is 0 Å². The minimum atomic E-state index is 0.0332. The van der Waals surface area contributed by atoms with E-state index < -0.39 is 0 Å². The van der Waals surface area contributed by atoms with Gasteiger partial charge in [-0.25, -0.2) is 10.1 Å². The maximum Gasteiger partial charge on any atom is 0.151 e. The molecule has 0 aliphatic carbocycles. The third kappa shape index (κ3) is 5.07. The van der Waals surface area contributed by atoms with Crippen LogP contribution >= 0.6 is 31.9 Å². The minimum absolute atomic E-state index is 0.0332. The second-order valence-electron chi connectivity index (χ2n) is 5.71. The molecule has 3 rings (SSSR count). The highest BCUT2D eigenvalue weighted by Gasteiger charge is 2.26. The molecular formula is C19H20Br2N2O2. The van der Waals surface area contributed by atoms with E-state index in [4.69, 9.17) is 9.68 Å². The molecule has 0 saturated carbocycles. The molecule has 0 bridgehead atoms. The highest BCUT2D eigenvalue weighted by molar-refractivity contribution is 9.10. The van der Waals surface area contributed by atoms with Crippen LogP contribution in [0.4, 0.5) is 0 Å². The third-order valence-electron chi connectivity index (χ3n) is 3.90. The lowest BCUT2D eigenvalue weighted by Crippen LogP contribution is -2.37. The molecule has 2 aromatic carbocycles. The maximum absolute atomic E-state index is 5.93. The molecule has 0 fully saturated rings. The van der Waals surface area contributed by atoms with Gasteiger partial charge in [-0.2, -0.15) is 0 Å². The molecule has 0 aromatic heterocycles. The van der Waals surface area contributed by atoms with Crippen LogP contribution in [-0.4, -0.2) is 16.3 Å². The molecule has 0 saturated heterocycles. The van der Waals surface area contributed by atoms with E-state index in [-0.39, 0.29) is 6.17 Å². The summed E-state index contributed by atoms with van der Waals surface area (Å²) in [6.07, 6.45) is 4.74. The molecular weight excluding hydrogens is 448 g/mol. The van der Waals surface area contributed by atoms with Gasteiger partial charge < -0.3 is 0 Å². The number of hydrogen-bond acceptors (Lipinski definition) is 4. The molecule has 0 spiro atoms. The van der Waals surface area contributed by atoms with Gasteiger partial charge in [-0.3, -0.25) is 9.68 Å². The molecule has 1 heterocycles. The van der Waals surface area contributed by atoms with Crippen molar-refractivity contribution in [3.8, 4) is 0 Å². The van der Waals surface area contributed by atoms with Crippen LogP contribution in [0.5, 0.6) is 0 Å². The molecule has 1 aliphatic heterocycles. The number of hydroxylamine groups is 4. The van der Waals surface area contributed by atoms with Gasteiger partial charge in [-0.05, 0) is 41.8 Å². The van der Waals surface area contributed by atoms with Gasteiger partial charge in [0, 0.05) is 21.3 Å². The first-order valence-corrected chi connectivity index (χ1v) is 9.74. The Labute approximate surface area is 165 Å². The number of nitrogens with zero attached hydrogens (tertiary/aromatic N) is 2. The van der Waals surface area contributed by atoms with Gasteiger partial charge in [-0.1, -0.05) is 63.0 Å². The summed E-state index contributed by atoms with van der Waals surface area (Å²) in [6, 6.07) is 16.3. The van der Waals surface area contributed by atoms with Crippen LogP contribution in [0.3, 0.4) is 0 Å². The van der Waals surface area contributed by atoms with Crippen LogP contribution < -0.4 is 0 Å². The van der Waals surface area contributed by atoms with E-state index in [1.54, 1.807) is 0 Å². The van der Waals surface area contributed by atoms with Gasteiger partial charge in [0.2, 0.25) is 0 Å². The largest absolute Gasteiger partial charge is 0.267 e. The first kappa shape index (κ1) is 18.5. The standard InChI is InChI=1S/C19H20Br2N2O2/c1-2-19-22(24-13-15-3-7-17(20)8-4-15)11-12-23(19)25-14-16-5-9-18(21)10-6-16/h3-12,19H,2,13-14H2,1H3. The number of benzene rings is 2. The van der Waals surface area contributed by atoms with E-state index in [1.807, 2.05) is 71.1 Å². The second-order valence-corrected chi connectivity index (χ2v) is 7.54. The Hall–Kier alpha value is -1.34. The summed E-state index contributed by atoms with van der Waals surface area (Å²) in [5, 5.41) is 3.70. The van der Waals surface area contributed by atoms with Crippen LogP contribution in [0.2, 0.25) is 0 Å². The Morgan fingerprint density at radius 1 is 0.760 bits per heavy atom.